The molecule has 4 N–H and O–H groups in total. The van der Waals surface area contributed by atoms with Gasteiger partial charge < -0.3 is 16.4 Å². The number of anilines is 2. The van der Waals surface area contributed by atoms with E-state index in [1.807, 2.05) is 19.1 Å². The van der Waals surface area contributed by atoms with Crippen LogP contribution in [0.1, 0.15) is 11.1 Å². The van der Waals surface area contributed by atoms with E-state index in [1.165, 1.54) is 6.08 Å². The van der Waals surface area contributed by atoms with E-state index in [0.717, 1.165) is 11.1 Å². The Hall–Kier alpha value is -2.79. The molecule has 0 heterocycles. The number of rotatable bonds is 4. The van der Waals surface area contributed by atoms with Gasteiger partial charge in [0.05, 0.1) is 0 Å². The molecule has 2 aromatic carbocycles. The van der Waals surface area contributed by atoms with Gasteiger partial charge in [-0.2, -0.15) is 0 Å². The van der Waals surface area contributed by atoms with Crippen molar-refractivity contribution in [2.75, 3.05) is 10.6 Å². The first kappa shape index (κ1) is 16.6. The average molecular weight is 330 g/mol. The summed E-state index contributed by atoms with van der Waals surface area (Å²) < 4.78 is 0. The first-order chi connectivity index (χ1) is 10.9. The maximum atomic E-state index is 11.9. The molecule has 0 fully saturated rings. The Labute approximate surface area is 139 Å². The lowest BCUT2D eigenvalue weighted by molar-refractivity contribution is -0.111. The largest absolute Gasteiger partial charge is 0.351 e. The van der Waals surface area contributed by atoms with E-state index >= 15 is 0 Å². The van der Waals surface area contributed by atoms with Crippen LogP contribution in [-0.2, 0) is 4.79 Å². The molecule has 2 aromatic rings. The fourth-order valence-electron chi connectivity index (χ4n) is 1.85. The zero-order chi connectivity index (χ0) is 16.8. The molecule has 0 aromatic heterocycles. The summed E-state index contributed by atoms with van der Waals surface area (Å²) >= 11 is 6.04. The van der Waals surface area contributed by atoms with Crippen LogP contribution in [0.25, 0.3) is 6.08 Å². The first-order valence-electron chi connectivity index (χ1n) is 6.86. The van der Waals surface area contributed by atoms with E-state index < -0.39 is 6.03 Å². The maximum Gasteiger partial charge on any atom is 0.316 e. The monoisotopic (exact) mass is 329 g/mol. The highest BCUT2D eigenvalue weighted by Gasteiger charge is 2.00. The predicted octanol–water partition coefficient (Wildman–Crippen LogP) is 3.79. The van der Waals surface area contributed by atoms with Gasteiger partial charge in [0.15, 0.2) is 0 Å². The normalized spacial score (nSPS) is 10.5. The third-order valence-corrected chi connectivity index (χ3v) is 3.45. The molecule has 5 nitrogen and oxygen atoms in total. The zero-order valence-corrected chi connectivity index (χ0v) is 13.2. The molecule has 23 heavy (non-hydrogen) atoms. The summed E-state index contributed by atoms with van der Waals surface area (Å²) in [6.07, 6.45) is 3.11. The van der Waals surface area contributed by atoms with Gasteiger partial charge in [-0.3, -0.25) is 4.79 Å². The van der Waals surface area contributed by atoms with Crippen LogP contribution in [0.2, 0.25) is 5.02 Å². The summed E-state index contributed by atoms with van der Waals surface area (Å²) in [4.78, 5) is 22.6. The minimum absolute atomic E-state index is 0.266. The van der Waals surface area contributed by atoms with Crippen LogP contribution in [0.15, 0.2) is 48.5 Å². The third kappa shape index (κ3) is 5.16. The van der Waals surface area contributed by atoms with Crippen molar-refractivity contribution in [3.05, 3.63) is 64.7 Å². The fourth-order valence-corrected chi connectivity index (χ4v) is 2.04. The summed E-state index contributed by atoms with van der Waals surface area (Å²) in [6, 6.07) is 11.6. The first-order valence-corrected chi connectivity index (χ1v) is 7.23. The highest BCUT2D eigenvalue weighted by Crippen LogP contribution is 2.18. The van der Waals surface area contributed by atoms with Crippen LogP contribution in [0, 0.1) is 6.92 Å². The zero-order valence-electron chi connectivity index (χ0n) is 12.5. The number of aryl methyl sites for hydroxylation is 1. The minimum Gasteiger partial charge on any atom is -0.351 e. The molecule has 0 unspecified atom stereocenters. The van der Waals surface area contributed by atoms with E-state index in [1.54, 1.807) is 36.4 Å². The lowest BCUT2D eigenvalue weighted by atomic mass is 10.1. The smallest absolute Gasteiger partial charge is 0.316 e. The number of amides is 3. The Bertz CT molecular complexity index is 755. The van der Waals surface area contributed by atoms with E-state index in [4.69, 9.17) is 17.3 Å². The molecular weight excluding hydrogens is 314 g/mol. The number of nitrogens with two attached hydrogens (primary N) is 1. The Kier molecular flexibility index (Phi) is 5.38. The summed E-state index contributed by atoms with van der Waals surface area (Å²) in [5, 5.41) is 5.81. The number of urea groups is 1. The van der Waals surface area contributed by atoms with Crippen LogP contribution in [0.3, 0.4) is 0 Å². The number of halogens is 1. The highest BCUT2D eigenvalue weighted by atomic mass is 35.5. The average Bonchev–Trinajstić information content (AvgIpc) is 2.50. The number of hydrogen-bond acceptors (Lipinski definition) is 2. The standard InChI is InChI=1S/C17H16ClN3O2/c1-11-2-3-12(10-15(11)18)4-9-16(22)20-13-5-7-14(8-6-13)21-17(19)23/h2-10H,1H3,(H,20,22)(H3,19,21,23)/b9-4+. The second-order valence-corrected chi connectivity index (χ2v) is 5.31. The lowest BCUT2D eigenvalue weighted by Crippen LogP contribution is -2.19. The predicted molar refractivity (Wildman–Crippen MR) is 93.5 cm³/mol. The molecule has 0 saturated heterocycles. The van der Waals surface area contributed by atoms with Gasteiger partial charge in [-0.15, -0.1) is 0 Å². The number of benzene rings is 2. The Morgan fingerprint density at radius 3 is 2.22 bits per heavy atom. The SMILES string of the molecule is Cc1ccc(/C=C/C(=O)Nc2ccc(NC(N)=O)cc2)cc1Cl. The lowest BCUT2D eigenvalue weighted by Gasteiger charge is -2.05. The van der Waals surface area contributed by atoms with E-state index in [9.17, 15) is 9.59 Å². The third-order valence-electron chi connectivity index (χ3n) is 3.04. The Balaban J connectivity index is 1.97. The minimum atomic E-state index is -0.638. The maximum absolute atomic E-state index is 11.9. The van der Waals surface area contributed by atoms with Crippen molar-refractivity contribution in [2.24, 2.45) is 5.73 Å². The Morgan fingerprint density at radius 2 is 1.65 bits per heavy atom. The number of hydrogen-bond donors (Lipinski definition) is 3. The van der Waals surface area contributed by atoms with Crippen LogP contribution >= 0.6 is 11.6 Å². The van der Waals surface area contributed by atoms with Crippen LogP contribution in [0.4, 0.5) is 16.2 Å². The van der Waals surface area contributed by atoms with Gasteiger partial charge in [-0.05, 0) is 54.5 Å². The number of nitrogens with one attached hydrogen (secondary N) is 2. The molecular formula is C17H16ClN3O2. The molecule has 0 saturated carbocycles. The van der Waals surface area contributed by atoms with Crippen LogP contribution in [0.5, 0.6) is 0 Å². The van der Waals surface area contributed by atoms with Crippen LogP contribution in [-0.4, -0.2) is 11.9 Å². The van der Waals surface area contributed by atoms with E-state index in [-0.39, 0.29) is 5.91 Å². The molecule has 0 radical (unpaired) electrons. The highest BCUT2D eigenvalue weighted by molar-refractivity contribution is 6.31. The molecule has 0 bridgehead atoms. The molecule has 0 atom stereocenters. The summed E-state index contributed by atoms with van der Waals surface area (Å²) in [5.41, 5.74) is 8.01. The van der Waals surface area contributed by atoms with Gasteiger partial charge in [0, 0.05) is 22.5 Å². The van der Waals surface area contributed by atoms with Crippen molar-refractivity contribution >= 4 is 41.0 Å². The Morgan fingerprint density at radius 1 is 1.04 bits per heavy atom. The molecule has 0 aliphatic heterocycles. The van der Waals surface area contributed by atoms with E-state index in [2.05, 4.69) is 10.6 Å². The quantitative estimate of drug-likeness (QED) is 0.745. The molecule has 2 rings (SSSR count). The molecule has 0 spiro atoms. The van der Waals surface area contributed by atoms with Crippen molar-refractivity contribution in [2.45, 2.75) is 6.92 Å². The van der Waals surface area contributed by atoms with Gasteiger partial charge >= 0.3 is 6.03 Å². The van der Waals surface area contributed by atoms with Crippen molar-refractivity contribution in [1.29, 1.82) is 0 Å². The number of carbonyl (C=O) groups is 2. The van der Waals surface area contributed by atoms with Crippen molar-refractivity contribution in [3.8, 4) is 0 Å². The second kappa shape index (κ2) is 7.47. The van der Waals surface area contributed by atoms with Crippen molar-refractivity contribution < 1.29 is 9.59 Å². The topological polar surface area (TPSA) is 84.2 Å². The van der Waals surface area contributed by atoms with Gasteiger partial charge in [-0.1, -0.05) is 23.7 Å². The molecule has 6 heteroatoms. The molecule has 3 amide bonds. The summed E-state index contributed by atoms with van der Waals surface area (Å²) in [5.74, 6) is -0.266. The number of primary amides is 1. The van der Waals surface area contributed by atoms with Gasteiger partial charge in [0.1, 0.15) is 0 Å². The molecule has 0 aliphatic carbocycles. The van der Waals surface area contributed by atoms with Crippen molar-refractivity contribution in [3.63, 3.8) is 0 Å². The summed E-state index contributed by atoms with van der Waals surface area (Å²) in [7, 11) is 0. The summed E-state index contributed by atoms with van der Waals surface area (Å²) in [6.45, 7) is 1.92. The van der Waals surface area contributed by atoms with Crippen LogP contribution < -0.4 is 16.4 Å². The van der Waals surface area contributed by atoms with E-state index in [0.29, 0.717) is 16.4 Å². The van der Waals surface area contributed by atoms with Crippen molar-refractivity contribution in [1.82, 2.24) is 0 Å². The van der Waals surface area contributed by atoms with Gasteiger partial charge in [-0.25, -0.2) is 4.79 Å². The molecule has 118 valence electrons. The van der Waals surface area contributed by atoms with Gasteiger partial charge in [0.25, 0.3) is 0 Å². The fraction of sp³-hybridized carbons (Fsp3) is 0.0588. The molecule has 0 aliphatic rings. The second-order valence-electron chi connectivity index (χ2n) is 4.90. The van der Waals surface area contributed by atoms with Gasteiger partial charge in [0.2, 0.25) is 5.91 Å². The number of carbonyl (C=O) groups excluding carboxylic acids is 2.